The maximum atomic E-state index is 13.3. The van der Waals surface area contributed by atoms with Crippen molar-refractivity contribution in [1.29, 1.82) is 0 Å². The van der Waals surface area contributed by atoms with Crippen molar-refractivity contribution < 1.29 is 14.4 Å². The van der Waals surface area contributed by atoms with Crippen molar-refractivity contribution in [3.05, 3.63) is 11.6 Å². The largest absolute Gasteiger partial charge is 0.436 e. The van der Waals surface area contributed by atoms with Gasteiger partial charge in [-0.25, -0.2) is 4.79 Å². The molecule has 1 amide bonds. The van der Waals surface area contributed by atoms with Crippen LogP contribution in [0.2, 0.25) is 0 Å². The van der Waals surface area contributed by atoms with Crippen LogP contribution in [-0.4, -0.2) is 47.7 Å². The van der Waals surface area contributed by atoms with Crippen LogP contribution in [0.3, 0.4) is 0 Å². The van der Waals surface area contributed by atoms with Crippen molar-refractivity contribution >= 4 is 17.6 Å². The molecule has 5 aliphatic carbocycles. The third-order valence-electron chi connectivity index (χ3n) is 12.3. The van der Waals surface area contributed by atoms with Gasteiger partial charge in [-0.15, -0.1) is 0 Å². The van der Waals surface area contributed by atoms with Crippen LogP contribution in [0.1, 0.15) is 111 Å². The van der Waals surface area contributed by atoms with Crippen LogP contribution < -0.4 is 5.32 Å². The van der Waals surface area contributed by atoms with E-state index in [9.17, 15) is 9.59 Å². The van der Waals surface area contributed by atoms with Crippen molar-refractivity contribution in [3.63, 3.8) is 0 Å². The molecule has 6 nitrogen and oxygen atoms in total. The predicted octanol–water partition coefficient (Wildman–Crippen LogP) is 6.64. The molecule has 1 N–H and O–H groups in total. The second-order valence-corrected chi connectivity index (χ2v) is 14.1. The van der Waals surface area contributed by atoms with Crippen LogP contribution in [0.25, 0.3) is 0 Å². The van der Waals surface area contributed by atoms with Gasteiger partial charge in [0.2, 0.25) is 0 Å². The van der Waals surface area contributed by atoms with Crippen molar-refractivity contribution in [3.8, 4) is 0 Å². The monoisotopic (exact) mass is 523 g/mol. The molecule has 4 saturated carbocycles. The summed E-state index contributed by atoms with van der Waals surface area (Å²) in [6, 6.07) is 0.679. The van der Waals surface area contributed by atoms with E-state index in [1.807, 2.05) is 11.0 Å². The van der Waals surface area contributed by atoms with Gasteiger partial charge in [-0.3, -0.25) is 9.63 Å². The lowest BCUT2D eigenvalue weighted by molar-refractivity contribution is -0.117. The zero-order valence-electron chi connectivity index (χ0n) is 24.0. The van der Waals surface area contributed by atoms with E-state index in [0.717, 1.165) is 69.7 Å². The van der Waals surface area contributed by atoms with Gasteiger partial charge in [0.25, 0.3) is 0 Å². The maximum absolute atomic E-state index is 13.3. The van der Waals surface area contributed by atoms with E-state index in [0.29, 0.717) is 35.6 Å². The van der Waals surface area contributed by atoms with Crippen LogP contribution >= 0.6 is 0 Å². The van der Waals surface area contributed by atoms with E-state index in [1.54, 1.807) is 0 Å². The topological polar surface area (TPSA) is 71.0 Å². The number of carbonyl (C=O) groups is 2. The first-order valence-corrected chi connectivity index (χ1v) is 15.8. The van der Waals surface area contributed by atoms with Gasteiger partial charge in [-0.2, -0.15) is 0 Å². The van der Waals surface area contributed by atoms with E-state index < -0.39 is 0 Å². The number of nitrogens with one attached hydrogen (secondary N) is 1. The van der Waals surface area contributed by atoms with Gasteiger partial charge in [0, 0.05) is 31.0 Å². The summed E-state index contributed by atoms with van der Waals surface area (Å²) in [6.07, 6.45) is 17.6. The fourth-order valence-electron chi connectivity index (χ4n) is 10.2. The summed E-state index contributed by atoms with van der Waals surface area (Å²) >= 11 is 0. The summed E-state index contributed by atoms with van der Waals surface area (Å²) in [5.41, 5.74) is 2.89. The van der Waals surface area contributed by atoms with Crippen LogP contribution in [-0.2, 0) is 9.63 Å². The number of oxime groups is 1. The van der Waals surface area contributed by atoms with Gasteiger partial charge in [0.1, 0.15) is 0 Å². The Bertz CT molecular complexity index is 994. The highest BCUT2D eigenvalue weighted by atomic mass is 16.7. The number of nitrogens with zero attached hydrogens (tertiary/aromatic N) is 2. The molecule has 7 atom stereocenters. The van der Waals surface area contributed by atoms with Gasteiger partial charge < -0.3 is 10.2 Å². The van der Waals surface area contributed by atoms with E-state index >= 15 is 0 Å². The van der Waals surface area contributed by atoms with Crippen LogP contribution in [0.4, 0.5) is 4.79 Å². The summed E-state index contributed by atoms with van der Waals surface area (Å²) in [6.45, 7) is 8.85. The third-order valence-corrected chi connectivity index (χ3v) is 12.3. The summed E-state index contributed by atoms with van der Waals surface area (Å²) < 4.78 is 0. The first-order valence-electron chi connectivity index (χ1n) is 15.8. The highest BCUT2D eigenvalue weighted by molar-refractivity contribution is 5.91. The summed E-state index contributed by atoms with van der Waals surface area (Å²) in [5, 5.41) is 8.11. The number of amides is 1. The fourth-order valence-corrected chi connectivity index (χ4v) is 10.2. The zero-order chi connectivity index (χ0) is 26.5. The summed E-state index contributed by atoms with van der Waals surface area (Å²) in [7, 11) is 0. The van der Waals surface area contributed by atoms with Gasteiger partial charge >= 0.3 is 6.09 Å². The van der Waals surface area contributed by atoms with Crippen molar-refractivity contribution in [2.24, 2.45) is 39.7 Å². The normalized spacial score (nSPS) is 41.3. The molecule has 0 aromatic rings. The smallest absolute Gasteiger partial charge is 0.312 e. The third kappa shape index (κ3) is 4.57. The molecule has 1 heterocycles. The maximum Gasteiger partial charge on any atom is 0.436 e. The first-order chi connectivity index (χ1) is 18.3. The molecular formula is C32H49N3O3. The van der Waals surface area contributed by atoms with Gasteiger partial charge in [0.15, 0.2) is 5.78 Å². The minimum Gasteiger partial charge on any atom is -0.312 e. The molecule has 6 rings (SSSR count). The highest BCUT2D eigenvalue weighted by Crippen LogP contribution is 2.66. The van der Waals surface area contributed by atoms with Crippen LogP contribution in [0.5, 0.6) is 0 Å². The number of hydrogen-bond donors (Lipinski definition) is 1. The number of hydrogen-bond acceptors (Lipinski definition) is 5. The Morgan fingerprint density at radius 3 is 2.61 bits per heavy atom. The molecule has 1 saturated heterocycles. The highest BCUT2D eigenvalue weighted by Gasteiger charge is 2.59. The Morgan fingerprint density at radius 1 is 1.03 bits per heavy atom. The Balaban J connectivity index is 1.14. The van der Waals surface area contributed by atoms with E-state index in [-0.39, 0.29) is 16.9 Å². The van der Waals surface area contributed by atoms with Crippen molar-refractivity contribution in [2.45, 2.75) is 123 Å². The van der Waals surface area contributed by atoms with Crippen LogP contribution in [0, 0.1) is 34.5 Å². The Morgan fingerprint density at radius 2 is 1.84 bits per heavy atom. The molecule has 0 aromatic carbocycles. The standard InChI is InChI=1S/C32H49N3O3/c1-21(34-38-30(37)35(24-8-4-5-9-24)20-23-7-6-18-33-23)27-12-13-28-26-11-10-22-19-25(36)14-16-31(22,2)29(26)15-17-32(27,28)3/h19,23-24,26-29,33H,4-18,20H2,1-3H3/b34-21+/t23?,26-,27+,28-,29-,31-,32+/m0/s1. The number of rotatable bonds is 5. The van der Waals surface area contributed by atoms with Gasteiger partial charge in [0.05, 0.1) is 5.71 Å². The molecule has 6 heteroatoms. The van der Waals surface area contributed by atoms with Crippen molar-refractivity contribution in [1.82, 2.24) is 10.2 Å². The number of fused-ring (bicyclic) bond motifs is 5. The van der Waals surface area contributed by atoms with E-state index in [4.69, 9.17) is 4.84 Å². The summed E-state index contributed by atoms with van der Waals surface area (Å²) in [4.78, 5) is 33.2. The Kier molecular flexibility index (Phi) is 7.24. The molecule has 1 unspecified atom stereocenters. The Hall–Kier alpha value is -1.69. The quantitative estimate of drug-likeness (QED) is 0.249. The lowest BCUT2D eigenvalue weighted by Crippen LogP contribution is -2.51. The minimum atomic E-state index is -0.250. The first kappa shape index (κ1) is 26.5. The van der Waals surface area contributed by atoms with Gasteiger partial charge in [-0.1, -0.05) is 37.4 Å². The molecule has 5 fully saturated rings. The predicted molar refractivity (Wildman–Crippen MR) is 150 cm³/mol. The molecule has 0 bridgehead atoms. The molecular weight excluding hydrogens is 474 g/mol. The molecule has 0 spiro atoms. The molecule has 0 aromatic heterocycles. The Labute approximate surface area is 229 Å². The molecule has 210 valence electrons. The second kappa shape index (κ2) is 10.4. The minimum absolute atomic E-state index is 0.215. The lowest BCUT2D eigenvalue weighted by atomic mass is 9.46. The lowest BCUT2D eigenvalue weighted by Gasteiger charge is -2.58. The number of carbonyl (C=O) groups excluding carboxylic acids is 2. The average Bonchev–Trinajstić information content (AvgIpc) is 3.67. The van der Waals surface area contributed by atoms with Gasteiger partial charge in [-0.05, 0) is 119 Å². The molecule has 6 aliphatic rings. The van der Waals surface area contributed by atoms with E-state index in [1.165, 1.54) is 50.5 Å². The average molecular weight is 524 g/mol. The second-order valence-electron chi connectivity index (χ2n) is 14.1. The fraction of sp³-hybridized carbons (Fsp3) is 0.844. The van der Waals surface area contributed by atoms with E-state index in [2.05, 4.69) is 31.2 Å². The van der Waals surface area contributed by atoms with Crippen LogP contribution in [0.15, 0.2) is 16.8 Å². The zero-order valence-corrected chi connectivity index (χ0v) is 24.0. The SMILES string of the molecule is C/C(=N\OC(=O)N(CC1CCCN1)C1CCCC1)[C@H]1CC[C@H]2[C@@H]3CCC4=CC(=O)CC[C@]4(C)[C@H]3CC[C@]12C. The molecule has 0 radical (unpaired) electrons. The molecule has 1 aliphatic heterocycles. The molecule has 38 heavy (non-hydrogen) atoms. The van der Waals surface area contributed by atoms with Crippen molar-refractivity contribution in [2.75, 3.05) is 13.1 Å². The number of allylic oxidation sites excluding steroid dienone is 1. The summed E-state index contributed by atoms with van der Waals surface area (Å²) in [5.74, 6) is 2.86. The number of ketones is 1.